The number of esters is 2. The van der Waals surface area contributed by atoms with E-state index < -0.39 is 23.3 Å². The fourth-order valence-electron chi connectivity index (χ4n) is 1.65. The predicted molar refractivity (Wildman–Crippen MR) is 67.7 cm³/mol. The molecular weight excluding hydrogens is 264 g/mol. The quantitative estimate of drug-likeness (QED) is 0.366. The monoisotopic (exact) mass is 278 g/mol. The van der Waals surface area contributed by atoms with Gasteiger partial charge in [-0.1, -0.05) is 29.8 Å². The second-order valence-corrected chi connectivity index (χ2v) is 4.01. The molecule has 0 aliphatic heterocycles. The first kappa shape index (κ1) is 15.6. The van der Waals surface area contributed by atoms with Crippen LogP contribution in [0.1, 0.15) is 11.1 Å². The number of nitrogens with zero attached hydrogens (tertiary/aromatic N) is 2. The number of ether oxygens (including phenoxy) is 2. The number of carbonyl (C=O) groups excluding carboxylic acids is 2. The predicted octanol–water partition coefficient (Wildman–Crippen LogP) is 0.199. The van der Waals surface area contributed by atoms with Crippen LogP contribution in [-0.2, 0) is 24.7 Å². The summed E-state index contributed by atoms with van der Waals surface area (Å²) in [6.45, 7) is 1.81. The Morgan fingerprint density at radius 3 is 2.15 bits per heavy atom. The van der Waals surface area contributed by atoms with E-state index in [0.717, 1.165) is 19.8 Å². The minimum atomic E-state index is -2.55. The van der Waals surface area contributed by atoms with Crippen molar-refractivity contribution in [3.63, 3.8) is 0 Å². The Kier molecular flexibility index (Phi) is 4.74. The molecule has 0 saturated heterocycles. The molecule has 0 unspecified atom stereocenters. The number of hydrogen-bond donors (Lipinski definition) is 1. The van der Waals surface area contributed by atoms with Gasteiger partial charge in [-0.15, -0.1) is 0 Å². The molecule has 0 heterocycles. The number of aryl methyl sites for hydroxylation is 1. The van der Waals surface area contributed by atoms with E-state index in [9.17, 15) is 14.7 Å². The zero-order valence-corrected chi connectivity index (χ0v) is 11.3. The van der Waals surface area contributed by atoms with E-state index in [1.54, 1.807) is 12.1 Å². The summed E-state index contributed by atoms with van der Waals surface area (Å²) in [5.74, 6) is -2.32. The third kappa shape index (κ3) is 2.59. The number of carbonyl (C=O) groups is 2. The van der Waals surface area contributed by atoms with E-state index in [4.69, 9.17) is 5.53 Å². The van der Waals surface area contributed by atoms with Crippen molar-refractivity contribution < 1.29 is 29.0 Å². The van der Waals surface area contributed by atoms with Crippen LogP contribution in [0.15, 0.2) is 24.3 Å². The Bertz CT molecular complexity index is 575. The van der Waals surface area contributed by atoms with Crippen LogP contribution in [0.3, 0.4) is 0 Å². The fraction of sp³-hybridized carbons (Fsp3) is 0.308. The smallest absolute Gasteiger partial charge is 0.423 e. The second kappa shape index (κ2) is 6.10. The Balaban J connectivity index is 3.52. The van der Waals surface area contributed by atoms with Gasteiger partial charge in [0, 0.05) is 5.56 Å². The molecule has 1 N–H and O–H groups in total. The largest absolute Gasteiger partial charge is 0.466 e. The summed E-state index contributed by atoms with van der Waals surface area (Å²) in [6.07, 6.45) is 0. The third-order valence-electron chi connectivity index (χ3n) is 2.77. The molecule has 0 amide bonds. The second-order valence-electron chi connectivity index (χ2n) is 4.01. The van der Waals surface area contributed by atoms with Crippen molar-refractivity contribution in [3.05, 3.63) is 40.9 Å². The summed E-state index contributed by atoms with van der Waals surface area (Å²) in [6, 6.07) is 6.08. The Labute approximate surface area is 115 Å². The zero-order chi connectivity index (χ0) is 15.3. The molecule has 1 aromatic carbocycles. The number of methoxy groups -OCH3 is 2. The molecular formula is C13H14N2O5. The van der Waals surface area contributed by atoms with Crippen LogP contribution in [0.5, 0.6) is 0 Å². The normalized spacial score (nSPS) is 12.8. The maximum absolute atomic E-state index is 11.9. The molecule has 0 radical (unpaired) electrons. The lowest BCUT2D eigenvalue weighted by Crippen LogP contribution is -2.49. The number of rotatable bonds is 4. The van der Waals surface area contributed by atoms with Crippen molar-refractivity contribution in [1.29, 1.82) is 0 Å². The van der Waals surface area contributed by atoms with Gasteiger partial charge in [0.25, 0.3) is 5.60 Å². The van der Waals surface area contributed by atoms with Gasteiger partial charge in [-0.2, -0.15) is 4.79 Å². The van der Waals surface area contributed by atoms with E-state index in [2.05, 4.69) is 14.3 Å². The maximum Gasteiger partial charge on any atom is 0.423 e. The molecule has 0 fully saturated rings. The van der Waals surface area contributed by atoms with Crippen molar-refractivity contribution in [2.75, 3.05) is 14.2 Å². The van der Waals surface area contributed by atoms with Crippen molar-refractivity contribution in [2.45, 2.75) is 12.5 Å². The van der Waals surface area contributed by atoms with Crippen LogP contribution in [0, 0.1) is 6.92 Å². The fourth-order valence-corrected chi connectivity index (χ4v) is 1.65. The van der Waals surface area contributed by atoms with E-state index in [0.29, 0.717) is 0 Å². The van der Waals surface area contributed by atoms with Gasteiger partial charge in [0.2, 0.25) is 0 Å². The highest BCUT2D eigenvalue weighted by Gasteiger charge is 2.55. The van der Waals surface area contributed by atoms with Gasteiger partial charge in [-0.3, -0.25) is 0 Å². The van der Waals surface area contributed by atoms with Crippen molar-refractivity contribution in [3.8, 4) is 0 Å². The van der Waals surface area contributed by atoms with Crippen LogP contribution in [0.2, 0.25) is 0 Å². The summed E-state index contributed by atoms with van der Waals surface area (Å²) < 4.78 is 8.88. The first-order chi connectivity index (χ1) is 9.41. The molecule has 7 nitrogen and oxygen atoms in total. The first-order valence-corrected chi connectivity index (χ1v) is 5.60. The standard InChI is InChI=1S/C13H14N2O5/c1-8-4-6-9(7-5-8)13(18,12(17)20-3)10(15-14)11(16)19-2/h4-7,18H,1-3H3/t13-/m1/s1. The lowest BCUT2D eigenvalue weighted by molar-refractivity contribution is -0.163. The van der Waals surface area contributed by atoms with Gasteiger partial charge < -0.3 is 20.1 Å². The number of hydrogen-bond acceptors (Lipinski definition) is 5. The molecule has 0 bridgehead atoms. The first-order valence-electron chi connectivity index (χ1n) is 5.60. The van der Waals surface area contributed by atoms with Crippen molar-refractivity contribution in [2.24, 2.45) is 0 Å². The summed E-state index contributed by atoms with van der Waals surface area (Å²) in [5.41, 5.74) is 6.41. The number of aliphatic hydroxyl groups is 1. The molecule has 0 aliphatic rings. The molecule has 20 heavy (non-hydrogen) atoms. The van der Waals surface area contributed by atoms with Gasteiger partial charge in [0.05, 0.1) is 14.2 Å². The Morgan fingerprint density at radius 1 is 1.20 bits per heavy atom. The Hall–Kier alpha value is -2.50. The van der Waals surface area contributed by atoms with Gasteiger partial charge in [-0.25, -0.2) is 9.59 Å². The van der Waals surface area contributed by atoms with E-state index >= 15 is 0 Å². The van der Waals surface area contributed by atoms with Gasteiger partial charge in [-0.05, 0) is 6.92 Å². The highest BCUT2D eigenvalue weighted by molar-refractivity contribution is 6.41. The van der Waals surface area contributed by atoms with Gasteiger partial charge in [0.15, 0.2) is 0 Å². The maximum atomic E-state index is 11.9. The molecule has 0 aromatic heterocycles. The highest BCUT2D eigenvalue weighted by Crippen LogP contribution is 2.25. The van der Waals surface area contributed by atoms with Crippen LogP contribution in [-0.4, -0.2) is 41.8 Å². The van der Waals surface area contributed by atoms with Crippen LogP contribution >= 0.6 is 0 Å². The lowest BCUT2D eigenvalue weighted by Gasteiger charge is -2.20. The molecule has 106 valence electrons. The molecule has 0 spiro atoms. The highest BCUT2D eigenvalue weighted by atomic mass is 16.5. The van der Waals surface area contributed by atoms with Gasteiger partial charge in [0.1, 0.15) is 0 Å². The molecule has 7 heteroatoms. The van der Waals surface area contributed by atoms with Crippen LogP contribution < -0.4 is 0 Å². The topological polar surface area (TPSA) is 109 Å². The van der Waals surface area contributed by atoms with Crippen molar-refractivity contribution >= 4 is 17.7 Å². The van der Waals surface area contributed by atoms with Crippen molar-refractivity contribution in [1.82, 2.24) is 0 Å². The lowest BCUT2D eigenvalue weighted by atomic mass is 9.88. The average Bonchev–Trinajstić information content (AvgIpc) is 2.47. The average molecular weight is 278 g/mol. The van der Waals surface area contributed by atoms with E-state index in [1.807, 2.05) is 6.92 Å². The SMILES string of the molecule is COC(=O)C(=[N+]=[N-])[C@@](O)(C(=O)OC)c1ccc(C)cc1. The summed E-state index contributed by atoms with van der Waals surface area (Å²) in [4.78, 5) is 26.1. The summed E-state index contributed by atoms with van der Waals surface area (Å²) in [5, 5.41) is 10.5. The van der Waals surface area contributed by atoms with E-state index in [-0.39, 0.29) is 5.56 Å². The zero-order valence-electron chi connectivity index (χ0n) is 11.3. The molecule has 1 atom stereocenters. The minimum Gasteiger partial charge on any atom is -0.466 e. The Morgan fingerprint density at radius 2 is 1.75 bits per heavy atom. The van der Waals surface area contributed by atoms with Crippen LogP contribution in [0.4, 0.5) is 0 Å². The summed E-state index contributed by atoms with van der Waals surface area (Å²) >= 11 is 0. The molecule has 0 saturated carbocycles. The summed E-state index contributed by atoms with van der Waals surface area (Å²) in [7, 11) is 2.06. The number of benzene rings is 1. The molecule has 0 aliphatic carbocycles. The third-order valence-corrected chi connectivity index (χ3v) is 2.77. The molecule has 1 rings (SSSR count). The van der Waals surface area contributed by atoms with E-state index in [1.165, 1.54) is 12.1 Å². The van der Waals surface area contributed by atoms with Crippen LogP contribution in [0.25, 0.3) is 5.53 Å². The van der Waals surface area contributed by atoms with Gasteiger partial charge >= 0.3 is 17.7 Å². The minimum absolute atomic E-state index is 0.0214. The molecule has 1 aromatic rings.